The quantitative estimate of drug-likeness (QED) is 0.873. The lowest BCUT2D eigenvalue weighted by atomic mass is 9.84. The maximum Gasteiger partial charge on any atom is 0.262 e. The SMILES string of the molecule is Cc1sc2ncn(CCC(=O)N[C@H](C)[C@@H]3C[C@H]4CC[C@H]3C4)c(=O)c2c1C. The average molecular weight is 374 g/mol. The number of rotatable bonds is 5. The Morgan fingerprint density at radius 1 is 1.38 bits per heavy atom. The lowest BCUT2D eigenvalue weighted by Crippen LogP contribution is -2.40. The molecule has 2 heterocycles. The Labute approximate surface area is 157 Å². The molecule has 1 amide bonds. The van der Waals surface area contributed by atoms with Crippen molar-refractivity contribution in [3.05, 3.63) is 27.1 Å². The van der Waals surface area contributed by atoms with Crippen molar-refractivity contribution in [1.82, 2.24) is 14.9 Å². The fraction of sp³-hybridized carbons (Fsp3) is 0.650. The molecule has 0 aliphatic heterocycles. The van der Waals surface area contributed by atoms with E-state index in [9.17, 15) is 9.59 Å². The predicted octanol–water partition coefficient (Wildman–Crippen LogP) is 3.41. The molecule has 140 valence electrons. The molecule has 2 aromatic rings. The summed E-state index contributed by atoms with van der Waals surface area (Å²) < 4.78 is 1.57. The number of carbonyl (C=O) groups is 1. The second-order valence-corrected chi connectivity index (χ2v) is 9.35. The first kappa shape index (κ1) is 17.7. The molecule has 4 atom stereocenters. The molecule has 26 heavy (non-hydrogen) atoms. The third kappa shape index (κ3) is 3.08. The van der Waals surface area contributed by atoms with Crippen molar-refractivity contribution in [2.45, 2.75) is 65.5 Å². The highest BCUT2D eigenvalue weighted by atomic mass is 32.1. The Bertz CT molecular complexity index is 900. The van der Waals surface area contributed by atoms with Gasteiger partial charge in [0.05, 0.1) is 11.7 Å². The van der Waals surface area contributed by atoms with Crippen LogP contribution in [0.4, 0.5) is 0 Å². The largest absolute Gasteiger partial charge is 0.353 e. The third-order valence-corrected chi connectivity index (χ3v) is 7.67. The fourth-order valence-corrected chi connectivity index (χ4v) is 5.98. The maximum atomic E-state index is 12.7. The van der Waals surface area contributed by atoms with Gasteiger partial charge in [0, 0.05) is 23.9 Å². The molecule has 0 aromatic carbocycles. The standard InChI is InChI=1S/C20H27N3O2S/c1-11-13(3)26-19-18(11)20(25)23(10-21-19)7-6-17(24)22-12(2)16-9-14-4-5-15(16)8-14/h10,12,14-16H,4-9H2,1-3H3,(H,22,24)/t12-,14+,15+,16+/m1/s1. The second-order valence-electron chi connectivity index (χ2n) is 8.15. The van der Waals surface area contributed by atoms with Gasteiger partial charge in [-0.1, -0.05) is 6.42 Å². The van der Waals surface area contributed by atoms with E-state index in [2.05, 4.69) is 17.2 Å². The third-order valence-electron chi connectivity index (χ3n) is 6.56. The molecule has 2 saturated carbocycles. The first-order valence-corrected chi connectivity index (χ1v) is 10.5. The van der Waals surface area contributed by atoms with Gasteiger partial charge in [0.25, 0.3) is 5.56 Å². The minimum atomic E-state index is -0.0363. The summed E-state index contributed by atoms with van der Waals surface area (Å²) in [6, 6.07) is 0.233. The van der Waals surface area contributed by atoms with Crippen molar-refractivity contribution in [2.75, 3.05) is 0 Å². The number of amides is 1. The van der Waals surface area contributed by atoms with Gasteiger partial charge in [0.2, 0.25) is 5.91 Å². The van der Waals surface area contributed by atoms with Crippen LogP contribution in [0.15, 0.2) is 11.1 Å². The van der Waals surface area contributed by atoms with Crippen LogP contribution in [0.1, 0.15) is 49.5 Å². The Hall–Kier alpha value is -1.69. The van der Waals surface area contributed by atoms with Crippen LogP contribution < -0.4 is 10.9 Å². The Morgan fingerprint density at radius 3 is 2.88 bits per heavy atom. The van der Waals surface area contributed by atoms with Gasteiger partial charge in [-0.3, -0.25) is 14.2 Å². The smallest absolute Gasteiger partial charge is 0.262 e. The molecule has 2 fully saturated rings. The molecule has 0 saturated heterocycles. The molecule has 0 radical (unpaired) electrons. The zero-order valence-electron chi connectivity index (χ0n) is 15.7. The summed E-state index contributed by atoms with van der Waals surface area (Å²) in [7, 11) is 0. The van der Waals surface area contributed by atoms with Gasteiger partial charge in [-0.05, 0) is 63.4 Å². The average Bonchev–Trinajstić information content (AvgIpc) is 3.30. The van der Waals surface area contributed by atoms with Gasteiger partial charge in [0.1, 0.15) is 4.83 Å². The summed E-state index contributed by atoms with van der Waals surface area (Å²) in [4.78, 5) is 31.4. The molecule has 0 unspecified atom stereocenters. The Balaban J connectivity index is 1.38. The highest BCUT2D eigenvalue weighted by Crippen LogP contribution is 2.49. The molecule has 0 spiro atoms. The molecule has 2 aromatic heterocycles. The van der Waals surface area contributed by atoms with Crippen LogP contribution >= 0.6 is 11.3 Å². The first-order valence-electron chi connectivity index (χ1n) is 9.68. The van der Waals surface area contributed by atoms with Crippen LogP contribution in [0, 0.1) is 31.6 Å². The zero-order valence-corrected chi connectivity index (χ0v) is 16.6. The van der Waals surface area contributed by atoms with Gasteiger partial charge in [-0.25, -0.2) is 4.98 Å². The van der Waals surface area contributed by atoms with Crippen molar-refractivity contribution < 1.29 is 4.79 Å². The molecule has 2 aliphatic rings. The highest BCUT2D eigenvalue weighted by Gasteiger charge is 2.42. The predicted molar refractivity (Wildman–Crippen MR) is 105 cm³/mol. The number of nitrogens with one attached hydrogen (secondary N) is 1. The van der Waals surface area contributed by atoms with E-state index < -0.39 is 0 Å². The normalized spacial score (nSPS) is 25.7. The molecule has 4 rings (SSSR count). The number of thiophene rings is 1. The number of hydrogen-bond donors (Lipinski definition) is 1. The van der Waals surface area contributed by atoms with Crippen LogP contribution in [0.5, 0.6) is 0 Å². The molecule has 1 N–H and O–H groups in total. The van der Waals surface area contributed by atoms with E-state index in [0.717, 1.165) is 27.1 Å². The van der Waals surface area contributed by atoms with Crippen LogP contribution in [-0.2, 0) is 11.3 Å². The van der Waals surface area contributed by atoms with Gasteiger partial charge in [0.15, 0.2) is 0 Å². The lowest BCUT2D eigenvalue weighted by molar-refractivity contribution is -0.122. The maximum absolute atomic E-state index is 12.7. The molecule has 2 bridgehead atoms. The van der Waals surface area contributed by atoms with Crippen LogP contribution in [0.2, 0.25) is 0 Å². The summed E-state index contributed by atoms with van der Waals surface area (Å²) in [5.41, 5.74) is 0.969. The molecule has 5 nitrogen and oxygen atoms in total. The van der Waals surface area contributed by atoms with Crippen molar-refractivity contribution in [3.8, 4) is 0 Å². The van der Waals surface area contributed by atoms with Crippen molar-refractivity contribution in [3.63, 3.8) is 0 Å². The topological polar surface area (TPSA) is 64.0 Å². The van der Waals surface area contributed by atoms with E-state index in [4.69, 9.17) is 0 Å². The monoisotopic (exact) mass is 373 g/mol. The highest BCUT2D eigenvalue weighted by molar-refractivity contribution is 7.18. The van der Waals surface area contributed by atoms with Crippen molar-refractivity contribution in [2.24, 2.45) is 17.8 Å². The van der Waals surface area contributed by atoms with E-state index in [1.165, 1.54) is 25.7 Å². The van der Waals surface area contributed by atoms with E-state index >= 15 is 0 Å². The van der Waals surface area contributed by atoms with E-state index in [1.54, 1.807) is 22.2 Å². The van der Waals surface area contributed by atoms with Gasteiger partial charge >= 0.3 is 0 Å². The fourth-order valence-electron chi connectivity index (χ4n) is 4.99. The van der Waals surface area contributed by atoms with Gasteiger partial charge in [-0.2, -0.15) is 0 Å². The summed E-state index contributed by atoms with van der Waals surface area (Å²) in [6.45, 7) is 6.49. The number of aromatic nitrogens is 2. The minimum absolute atomic E-state index is 0.0329. The van der Waals surface area contributed by atoms with Crippen LogP contribution in [0.25, 0.3) is 10.2 Å². The van der Waals surface area contributed by atoms with Crippen LogP contribution in [0.3, 0.4) is 0 Å². The molecular weight excluding hydrogens is 346 g/mol. The summed E-state index contributed by atoms with van der Waals surface area (Å²) in [6.07, 6.45) is 7.22. The molecule has 2 aliphatic carbocycles. The first-order chi connectivity index (χ1) is 12.4. The lowest BCUT2D eigenvalue weighted by Gasteiger charge is -2.28. The number of carbonyl (C=O) groups excluding carboxylic acids is 1. The van der Waals surface area contributed by atoms with Gasteiger partial charge in [-0.15, -0.1) is 11.3 Å². The summed E-state index contributed by atoms with van der Waals surface area (Å²) >= 11 is 1.55. The number of aryl methyl sites for hydroxylation is 3. The minimum Gasteiger partial charge on any atom is -0.353 e. The zero-order chi connectivity index (χ0) is 18.4. The number of hydrogen-bond acceptors (Lipinski definition) is 4. The molecular formula is C20H27N3O2S. The second kappa shape index (κ2) is 6.80. The number of nitrogens with zero attached hydrogens (tertiary/aromatic N) is 2. The van der Waals surface area contributed by atoms with E-state index in [1.807, 2.05) is 13.8 Å². The summed E-state index contributed by atoms with van der Waals surface area (Å²) in [5.74, 6) is 2.35. The molecule has 6 heteroatoms. The Kier molecular flexibility index (Phi) is 4.63. The number of fused-ring (bicyclic) bond motifs is 3. The van der Waals surface area contributed by atoms with Crippen molar-refractivity contribution in [1.29, 1.82) is 0 Å². The summed E-state index contributed by atoms with van der Waals surface area (Å²) in [5, 5.41) is 3.88. The van der Waals surface area contributed by atoms with Crippen molar-refractivity contribution >= 4 is 27.5 Å². The van der Waals surface area contributed by atoms with Crippen LogP contribution in [-0.4, -0.2) is 21.5 Å². The Morgan fingerprint density at radius 2 is 2.19 bits per heavy atom. The van der Waals surface area contributed by atoms with E-state index in [-0.39, 0.29) is 17.5 Å². The van der Waals surface area contributed by atoms with E-state index in [0.29, 0.717) is 24.3 Å². The van der Waals surface area contributed by atoms with Gasteiger partial charge < -0.3 is 5.32 Å².